The molecule has 0 unspecified atom stereocenters. The van der Waals surface area contributed by atoms with Crippen LogP contribution in [0.5, 0.6) is 0 Å². The van der Waals surface area contributed by atoms with Gasteiger partial charge in [-0.3, -0.25) is 9.59 Å². The maximum atomic E-state index is 11.5. The molecular weight excluding hydrogens is 198 g/mol. The van der Waals surface area contributed by atoms with Crippen molar-refractivity contribution in [2.75, 3.05) is 20.3 Å². The van der Waals surface area contributed by atoms with Crippen LogP contribution in [-0.4, -0.2) is 48.2 Å². The van der Waals surface area contributed by atoms with E-state index in [1.807, 2.05) is 13.8 Å². The maximum absolute atomic E-state index is 11.5. The van der Waals surface area contributed by atoms with Gasteiger partial charge < -0.3 is 14.7 Å². The lowest BCUT2D eigenvalue weighted by Crippen LogP contribution is -2.39. The first-order valence-electron chi connectivity index (χ1n) is 4.99. The van der Waals surface area contributed by atoms with Gasteiger partial charge in [0.25, 0.3) is 0 Å². The van der Waals surface area contributed by atoms with Crippen molar-refractivity contribution in [1.82, 2.24) is 4.90 Å². The molecule has 1 N–H and O–H groups in total. The average Bonchev–Trinajstić information content (AvgIpc) is 2.11. The van der Waals surface area contributed by atoms with E-state index in [4.69, 9.17) is 9.84 Å². The summed E-state index contributed by atoms with van der Waals surface area (Å²) in [6, 6.07) is 0.0708. The summed E-state index contributed by atoms with van der Waals surface area (Å²) in [4.78, 5) is 23.5. The molecule has 0 saturated heterocycles. The first-order chi connectivity index (χ1) is 6.99. The Hall–Kier alpha value is -1.10. The second-order valence-corrected chi connectivity index (χ2v) is 3.61. The van der Waals surface area contributed by atoms with Crippen molar-refractivity contribution in [2.24, 2.45) is 0 Å². The molecule has 0 aliphatic carbocycles. The van der Waals surface area contributed by atoms with Crippen LogP contribution in [0.1, 0.15) is 26.7 Å². The SMILES string of the molecule is COCC(=O)N(CCCC(=O)O)C(C)C. The number of rotatable bonds is 7. The zero-order valence-corrected chi connectivity index (χ0v) is 9.52. The number of amides is 1. The fraction of sp³-hybridized carbons (Fsp3) is 0.800. The third-order valence-electron chi connectivity index (χ3n) is 2.00. The second-order valence-electron chi connectivity index (χ2n) is 3.61. The Morgan fingerprint density at radius 1 is 1.40 bits per heavy atom. The van der Waals surface area contributed by atoms with Crippen LogP contribution < -0.4 is 0 Å². The van der Waals surface area contributed by atoms with E-state index in [1.54, 1.807) is 4.90 Å². The molecule has 1 amide bonds. The van der Waals surface area contributed by atoms with Gasteiger partial charge >= 0.3 is 5.97 Å². The van der Waals surface area contributed by atoms with Gasteiger partial charge in [0.2, 0.25) is 5.91 Å². The number of aliphatic carboxylic acids is 1. The predicted octanol–water partition coefficient (Wildman–Crippen LogP) is 0.735. The van der Waals surface area contributed by atoms with E-state index in [0.29, 0.717) is 13.0 Å². The van der Waals surface area contributed by atoms with Gasteiger partial charge in [0.15, 0.2) is 0 Å². The van der Waals surface area contributed by atoms with Gasteiger partial charge in [0, 0.05) is 26.1 Å². The summed E-state index contributed by atoms with van der Waals surface area (Å²) in [5, 5.41) is 8.48. The van der Waals surface area contributed by atoms with E-state index in [1.165, 1.54) is 7.11 Å². The Kier molecular flexibility index (Phi) is 6.70. The first-order valence-corrected chi connectivity index (χ1v) is 4.99. The van der Waals surface area contributed by atoms with E-state index >= 15 is 0 Å². The Morgan fingerprint density at radius 3 is 2.40 bits per heavy atom. The number of carbonyl (C=O) groups excluding carboxylic acids is 1. The fourth-order valence-electron chi connectivity index (χ4n) is 1.28. The third-order valence-corrected chi connectivity index (χ3v) is 2.00. The van der Waals surface area contributed by atoms with Crippen molar-refractivity contribution < 1.29 is 19.4 Å². The van der Waals surface area contributed by atoms with Crippen molar-refractivity contribution in [2.45, 2.75) is 32.7 Å². The lowest BCUT2D eigenvalue weighted by molar-refractivity contribution is -0.140. The number of methoxy groups -OCH3 is 1. The lowest BCUT2D eigenvalue weighted by Gasteiger charge is -2.26. The van der Waals surface area contributed by atoms with Gasteiger partial charge in [-0.05, 0) is 20.3 Å². The third kappa shape index (κ3) is 6.06. The molecule has 0 heterocycles. The van der Waals surface area contributed by atoms with E-state index in [2.05, 4.69) is 0 Å². The van der Waals surface area contributed by atoms with E-state index in [-0.39, 0.29) is 25.0 Å². The van der Waals surface area contributed by atoms with Crippen LogP contribution in [-0.2, 0) is 14.3 Å². The Labute approximate surface area is 90.0 Å². The van der Waals surface area contributed by atoms with E-state index in [0.717, 1.165) is 0 Å². The minimum Gasteiger partial charge on any atom is -0.481 e. The molecule has 0 saturated carbocycles. The van der Waals surface area contributed by atoms with Gasteiger partial charge in [-0.1, -0.05) is 0 Å². The van der Waals surface area contributed by atoms with Gasteiger partial charge in [-0.15, -0.1) is 0 Å². The summed E-state index contributed by atoms with van der Waals surface area (Å²) in [5.74, 6) is -0.934. The molecule has 0 radical (unpaired) electrons. The molecule has 15 heavy (non-hydrogen) atoms. The zero-order valence-electron chi connectivity index (χ0n) is 9.52. The van der Waals surface area contributed by atoms with Crippen molar-refractivity contribution in [3.63, 3.8) is 0 Å². The summed E-state index contributed by atoms with van der Waals surface area (Å²) >= 11 is 0. The van der Waals surface area contributed by atoms with Crippen LogP contribution in [0.3, 0.4) is 0 Å². The van der Waals surface area contributed by atoms with Crippen molar-refractivity contribution in [1.29, 1.82) is 0 Å². The number of carboxylic acids is 1. The topological polar surface area (TPSA) is 66.8 Å². The number of ether oxygens (including phenoxy) is 1. The van der Waals surface area contributed by atoms with Crippen LogP contribution in [0.15, 0.2) is 0 Å². The van der Waals surface area contributed by atoms with Crippen LogP contribution in [0, 0.1) is 0 Å². The summed E-state index contributed by atoms with van der Waals surface area (Å²) < 4.78 is 4.75. The number of carboxylic acid groups (broad SMARTS) is 1. The highest BCUT2D eigenvalue weighted by Crippen LogP contribution is 2.02. The highest BCUT2D eigenvalue weighted by molar-refractivity contribution is 5.77. The van der Waals surface area contributed by atoms with E-state index in [9.17, 15) is 9.59 Å². The Bertz CT molecular complexity index is 215. The molecule has 0 atom stereocenters. The van der Waals surface area contributed by atoms with Crippen molar-refractivity contribution >= 4 is 11.9 Å². The van der Waals surface area contributed by atoms with Crippen LogP contribution in [0.4, 0.5) is 0 Å². The molecule has 88 valence electrons. The summed E-state index contributed by atoms with van der Waals surface area (Å²) in [5.41, 5.74) is 0. The molecule has 0 rings (SSSR count). The monoisotopic (exact) mass is 217 g/mol. The number of nitrogens with zero attached hydrogens (tertiary/aromatic N) is 1. The largest absolute Gasteiger partial charge is 0.481 e. The van der Waals surface area contributed by atoms with Crippen LogP contribution in [0.25, 0.3) is 0 Å². The summed E-state index contributed by atoms with van der Waals surface area (Å²) in [6.07, 6.45) is 0.562. The lowest BCUT2D eigenvalue weighted by atomic mass is 10.2. The molecule has 0 aromatic rings. The molecule has 0 aliphatic heterocycles. The molecule has 0 aromatic heterocycles. The second kappa shape index (κ2) is 7.23. The molecule has 0 fully saturated rings. The molecule has 0 spiro atoms. The Balaban J connectivity index is 4.04. The molecule has 5 nitrogen and oxygen atoms in total. The molecule has 0 aromatic carbocycles. The quantitative estimate of drug-likeness (QED) is 0.682. The molecule has 0 aliphatic rings. The van der Waals surface area contributed by atoms with Gasteiger partial charge in [0.1, 0.15) is 6.61 Å². The number of hydrogen-bond donors (Lipinski definition) is 1. The van der Waals surface area contributed by atoms with Crippen molar-refractivity contribution in [3.05, 3.63) is 0 Å². The highest BCUT2D eigenvalue weighted by Gasteiger charge is 2.16. The smallest absolute Gasteiger partial charge is 0.303 e. The molecular formula is C10H19NO4. The molecule has 5 heteroatoms. The standard InChI is InChI=1S/C10H19NO4/c1-8(2)11(9(12)7-15-3)6-4-5-10(13)14/h8H,4-7H2,1-3H3,(H,13,14). The van der Waals surface area contributed by atoms with Crippen LogP contribution in [0.2, 0.25) is 0 Å². The summed E-state index contributed by atoms with van der Waals surface area (Å²) in [6.45, 7) is 4.31. The van der Waals surface area contributed by atoms with E-state index < -0.39 is 5.97 Å². The zero-order chi connectivity index (χ0) is 11.8. The summed E-state index contributed by atoms with van der Waals surface area (Å²) in [7, 11) is 1.47. The fourth-order valence-corrected chi connectivity index (χ4v) is 1.28. The van der Waals surface area contributed by atoms with Gasteiger partial charge in [0.05, 0.1) is 0 Å². The number of hydrogen-bond acceptors (Lipinski definition) is 3. The highest BCUT2D eigenvalue weighted by atomic mass is 16.5. The molecule has 0 bridgehead atoms. The first kappa shape index (κ1) is 13.9. The minimum atomic E-state index is -0.835. The van der Waals surface area contributed by atoms with Gasteiger partial charge in [-0.25, -0.2) is 0 Å². The van der Waals surface area contributed by atoms with Gasteiger partial charge in [-0.2, -0.15) is 0 Å². The minimum absolute atomic E-state index is 0.0469. The van der Waals surface area contributed by atoms with Crippen molar-refractivity contribution in [3.8, 4) is 0 Å². The Morgan fingerprint density at radius 2 is 2.00 bits per heavy atom. The number of carbonyl (C=O) groups is 2. The average molecular weight is 217 g/mol. The van der Waals surface area contributed by atoms with Crippen LogP contribution >= 0.6 is 0 Å². The maximum Gasteiger partial charge on any atom is 0.303 e. The predicted molar refractivity (Wildman–Crippen MR) is 55.6 cm³/mol. The normalized spacial score (nSPS) is 10.4.